The maximum Gasteiger partial charge on any atom is 0.323 e. The van der Waals surface area contributed by atoms with E-state index in [0.29, 0.717) is 35.6 Å². The maximum atomic E-state index is 12.4. The average Bonchev–Trinajstić information content (AvgIpc) is 3.17. The van der Waals surface area contributed by atoms with Gasteiger partial charge in [-0.2, -0.15) is 0 Å². The van der Waals surface area contributed by atoms with Crippen molar-refractivity contribution in [3.63, 3.8) is 0 Å². The van der Waals surface area contributed by atoms with Crippen LogP contribution in [0, 0.1) is 46.3 Å². The van der Waals surface area contributed by atoms with Gasteiger partial charge in [-0.05, 0) is 146 Å². The molecule has 0 bridgehead atoms. The molecule has 4 N–H and O–H groups in total. The summed E-state index contributed by atoms with van der Waals surface area (Å²) in [5, 5.41) is 14.5. The summed E-state index contributed by atoms with van der Waals surface area (Å²) < 4.78 is 5.42. The van der Waals surface area contributed by atoms with Crippen LogP contribution < -0.4 is 11.1 Å². The zero-order valence-electron chi connectivity index (χ0n) is 25.2. The summed E-state index contributed by atoms with van der Waals surface area (Å²) in [6, 6.07) is -0.117. The van der Waals surface area contributed by atoms with Gasteiger partial charge in [0.05, 0.1) is 6.10 Å². The molecule has 218 valence electrons. The topological polar surface area (TPSA) is 102 Å². The molecule has 6 nitrogen and oxygen atoms in total. The van der Waals surface area contributed by atoms with Crippen molar-refractivity contribution in [2.75, 3.05) is 6.54 Å². The van der Waals surface area contributed by atoms with E-state index < -0.39 is 17.7 Å². The summed E-state index contributed by atoms with van der Waals surface area (Å²) in [6.45, 7) is 15.6. The molecule has 0 radical (unpaired) electrons. The van der Waals surface area contributed by atoms with Crippen molar-refractivity contribution >= 4 is 11.8 Å². The molecule has 0 aromatic carbocycles. The molecule has 5 unspecified atom stereocenters. The average molecular weight is 533 g/mol. The third-order valence-corrected chi connectivity index (χ3v) is 11.8. The van der Waals surface area contributed by atoms with Gasteiger partial charge in [-0.1, -0.05) is 13.8 Å². The van der Waals surface area contributed by atoms with Gasteiger partial charge in [0.25, 0.3) is 0 Å². The van der Waals surface area contributed by atoms with E-state index in [0.717, 1.165) is 37.6 Å². The Morgan fingerprint density at radius 2 is 1.76 bits per heavy atom. The van der Waals surface area contributed by atoms with Crippen LogP contribution in [0.3, 0.4) is 0 Å². The summed E-state index contributed by atoms with van der Waals surface area (Å²) in [4.78, 5) is 24.6. The number of carbonyl (C=O) groups excluding carboxylic acids is 2. The number of Topliss-reactive ketones (excluding diaryl/α,β-unsaturated/α-hetero) is 1. The van der Waals surface area contributed by atoms with Crippen LogP contribution in [0.5, 0.6) is 0 Å². The Hall–Kier alpha value is -0.980. The van der Waals surface area contributed by atoms with Crippen LogP contribution in [0.15, 0.2) is 0 Å². The van der Waals surface area contributed by atoms with Gasteiger partial charge in [0.15, 0.2) is 0 Å². The number of aliphatic hydroxyl groups excluding tert-OH is 1. The maximum absolute atomic E-state index is 12.4. The van der Waals surface area contributed by atoms with Crippen LogP contribution in [0.1, 0.15) is 113 Å². The normalized spacial score (nSPS) is 42.4. The molecule has 0 aliphatic heterocycles. The fourth-order valence-electron chi connectivity index (χ4n) is 9.87. The van der Waals surface area contributed by atoms with E-state index in [1.807, 2.05) is 20.8 Å². The minimum absolute atomic E-state index is 0.174. The SMILES string of the molecule is CC(=O)C1C[C@@]2(C)C(CC[C@H]3[C@@H]4CC[C@H](C(C)NCCCC(N)C(=O)OC(C)(C)C)[C@@]4(C)CC[C@@H]32)CC1O. The molecule has 0 aromatic rings. The molecule has 6 heteroatoms. The van der Waals surface area contributed by atoms with Gasteiger partial charge in [0, 0.05) is 12.0 Å². The van der Waals surface area contributed by atoms with E-state index in [2.05, 4.69) is 26.1 Å². The zero-order chi connectivity index (χ0) is 28.0. The van der Waals surface area contributed by atoms with Crippen LogP contribution in [0.25, 0.3) is 0 Å². The van der Waals surface area contributed by atoms with Gasteiger partial charge in [0.1, 0.15) is 17.4 Å². The van der Waals surface area contributed by atoms with Crippen LogP contribution in [-0.2, 0) is 14.3 Å². The number of fused-ring (bicyclic) bond motifs is 5. The second-order valence-corrected chi connectivity index (χ2v) is 15.1. The molecule has 4 rings (SSSR count). The van der Waals surface area contributed by atoms with Gasteiger partial charge < -0.3 is 20.9 Å². The molecule has 0 aromatic heterocycles. The van der Waals surface area contributed by atoms with Crippen molar-refractivity contribution in [1.29, 1.82) is 0 Å². The Labute approximate surface area is 231 Å². The molecule has 4 fully saturated rings. The fourth-order valence-corrected chi connectivity index (χ4v) is 9.87. The first-order valence-corrected chi connectivity index (χ1v) is 15.6. The lowest BCUT2D eigenvalue weighted by molar-refractivity contribution is -0.156. The summed E-state index contributed by atoms with van der Waals surface area (Å²) in [6.07, 6.45) is 10.4. The van der Waals surface area contributed by atoms with E-state index in [9.17, 15) is 14.7 Å². The molecule has 0 heterocycles. The summed E-state index contributed by atoms with van der Waals surface area (Å²) in [5.41, 5.74) is 6.14. The van der Waals surface area contributed by atoms with Crippen LogP contribution in [0.4, 0.5) is 0 Å². The summed E-state index contributed by atoms with van der Waals surface area (Å²) >= 11 is 0. The molecule has 4 aliphatic carbocycles. The number of ketones is 1. The van der Waals surface area contributed by atoms with E-state index in [-0.39, 0.29) is 23.1 Å². The number of rotatable bonds is 8. The number of carbonyl (C=O) groups is 2. The van der Waals surface area contributed by atoms with Crippen LogP contribution >= 0.6 is 0 Å². The van der Waals surface area contributed by atoms with E-state index in [4.69, 9.17) is 10.5 Å². The third-order valence-electron chi connectivity index (χ3n) is 11.8. The molecule has 11 atom stereocenters. The first-order valence-electron chi connectivity index (χ1n) is 15.6. The van der Waals surface area contributed by atoms with E-state index in [1.54, 1.807) is 6.92 Å². The lowest BCUT2D eigenvalue weighted by Crippen LogP contribution is -2.57. The van der Waals surface area contributed by atoms with Crippen molar-refractivity contribution in [2.24, 2.45) is 52.1 Å². The number of ether oxygens (including phenoxy) is 1. The number of hydrogen-bond donors (Lipinski definition) is 3. The van der Waals surface area contributed by atoms with Gasteiger partial charge in [0.2, 0.25) is 0 Å². The first-order chi connectivity index (χ1) is 17.7. The Bertz CT molecular complexity index is 870. The summed E-state index contributed by atoms with van der Waals surface area (Å²) in [5.74, 6) is 3.11. The number of esters is 1. The third kappa shape index (κ3) is 5.74. The monoisotopic (exact) mass is 532 g/mol. The summed E-state index contributed by atoms with van der Waals surface area (Å²) in [7, 11) is 0. The number of aliphatic hydroxyl groups is 1. The second kappa shape index (κ2) is 11.1. The zero-order valence-corrected chi connectivity index (χ0v) is 25.2. The highest BCUT2D eigenvalue weighted by Gasteiger charge is 2.61. The number of hydrogen-bond acceptors (Lipinski definition) is 6. The van der Waals surface area contributed by atoms with Crippen molar-refractivity contribution in [3.8, 4) is 0 Å². The highest BCUT2D eigenvalue weighted by molar-refractivity contribution is 5.79. The Morgan fingerprint density at radius 3 is 2.42 bits per heavy atom. The van der Waals surface area contributed by atoms with Gasteiger partial charge in [-0.15, -0.1) is 0 Å². The Balaban J connectivity index is 1.34. The first kappa shape index (κ1) is 30.0. The van der Waals surface area contributed by atoms with Crippen molar-refractivity contribution < 1.29 is 19.4 Å². The largest absolute Gasteiger partial charge is 0.459 e. The smallest absolute Gasteiger partial charge is 0.323 e. The van der Waals surface area contributed by atoms with E-state index in [1.165, 1.54) is 38.5 Å². The van der Waals surface area contributed by atoms with E-state index >= 15 is 0 Å². The highest BCUT2D eigenvalue weighted by Crippen LogP contribution is 2.68. The quantitative estimate of drug-likeness (QED) is 0.292. The minimum Gasteiger partial charge on any atom is -0.459 e. The molecule has 0 amide bonds. The molecular formula is C32H56N2O4. The molecular weight excluding hydrogens is 476 g/mol. The Morgan fingerprint density at radius 1 is 1.08 bits per heavy atom. The molecule has 0 spiro atoms. The molecule has 0 saturated heterocycles. The van der Waals surface area contributed by atoms with Crippen LogP contribution in [-0.4, -0.2) is 47.2 Å². The van der Waals surface area contributed by atoms with Crippen molar-refractivity contribution in [3.05, 3.63) is 0 Å². The number of nitrogens with two attached hydrogens (primary N) is 1. The van der Waals surface area contributed by atoms with Crippen molar-refractivity contribution in [1.82, 2.24) is 5.32 Å². The predicted octanol–water partition coefficient (Wildman–Crippen LogP) is 5.25. The highest BCUT2D eigenvalue weighted by atomic mass is 16.6. The van der Waals surface area contributed by atoms with Crippen molar-refractivity contribution in [2.45, 2.75) is 136 Å². The van der Waals surface area contributed by atoms with Gasteiger partial charge >= 0.3 is 5.97 Å². The predicted molar refractivity (Wildman–Crippen MR) is 151 cm³/mol. The van der Waals surface area contributed by atoms with Crippen LogP contribution in [0.2, 0.25) is 0 Å². The molecule has 38 heavy (non-hydrogen) atoms. The standard InChI is InChI=1S/C32H56N2O4/c1-19(34-16-8-9-27(33)29(37)38-30(3,4)5)24-12-13-25-22-11-10-21-17-28(36)23(20(2)35)18-32(21,7)26(22)14-15-31(24,25)6/h19,21-28,34,36H,8-18,33H2,1-7H3/t19?,21?,22-,23?,24+,25-,26-,27?,28?,31+,32-/m0/s1. The Kier molecular flexibility index (Phi) is 8.78. The lowest BCUT2D eigenvalue weighted by atomic mass is 9.43. The molecule has 4 saturated carbocycles. The molecule has 4 aliphatic rings. The minimum atomic E-state index is -0.560. The lowest BCUT2D eigenvalue weighted by Gasteiger charge is -2.62. The van der Waals surface area contributed by atoms with Gasteiger partial charge in [-0.3, -0.25) is 9.59 Å². The number of nitrogens with one attached hydrogen (secondary N) is 1. The van der Waals surface area contributed by atoms with Gasteiger partial charge in [-0.25, -0.2) is 0 Å². The second-order valence-electron chi connectivity index (χ2n) is 15.1. The fraction of sp³-hybridized carbons (Fsp3) is 0.938.